The molecule has 0 saturated carbocycles. The lowest BCUT2D eigenvalue weighted by molar-refractivity contribution is -0.140. The van der Waals surface area contributed by atoms with Gasteiger partial charge >= 0.3 is 0 Å². The minimum absolute atomic E-state index is 0.110. The number of carbonyl (C=O) groups is 2. The smallest absolute Gasteiger partial charge is 0.257 e. The third-order valence-corrected chi connectivity index (χ3v) is 4.31. The van der Waals surface area contributed by atoms with Crippen LogP contribution < -0.4 is 10.5 Å². The maximum atomic E-state index is 12.9. The van der Waals surface area contributed by atoms with Crippen LogP contribution >= 0.6 is 0 Å². The highest BCUT2D eigenvalue weighted by Crippen LogP contribution is 2.28. The van der Waals surface area contributed by atoms with E-state index < -0.39 is 11.5 Å². The molecule has 0 aromatic heterocycles. The van der Waals surface area contributed by atoms with Crippen molar-refractivity contribution in [2.45, 2.75) is 18.4 Å². The molecule has 3 rings (SSSR count). The molecule has 6 heteroatoms. The molecular weight excluding hydrogens is 320 g/mol. The molecule has 1 fully saturated rings. The second-order valence-corrected chi connectivity index (χ2v) is 6.14. The molecule has 2 aromatic carbocycles. The molecule has 0 aliphatic carbocycles. The number of benzene rings is 2. The molecule has 2 amide bonds. The van der Waals surface area contributed by atoms with Crippen molar-refractivity contribution in [3.8, 4) is 11.5 Å². The second-order valence-electron chi connectivity index (χ2n) is 6.14. The molecule has 1 atom stereocenters. The van der Waals surface area contributed by atoms with E-state index in [4.69, 9.17) is 10.5 Å². The fraction of sp³-hybridized carbons (Fsp3) is 0.263. The van der Waals surface area contributed by atoms with Gasteiger partial charge in [-0.25, -0.2) is 0 Å². The van der Waals surface area contributed by atoms with E-state index in [1.165, 1.54) is 4.90 Å². The normalized spacial score (nSPS) is 20.1. The van der Waals surface area contributed by atoms with Crippen LogP contribution in [0.1, 0.15) is 23.2 Å². The Morgan fingerprint density at radius 2 is 1.76 bits per heavy atom. The highest BCUT2D eigenvalue weighted by molar-refractivity contribution is 5.97. The fourth-order valence-electron chi connectivity index (χ4n) is 2.93. The Labute approximate surface area is 145 Å². The molecule has 1 heterocycles. The number of ether oxygens (including phenoxy) is 1. The Hall–Kier alpha value is -2.86. The molecule has 0 unspecified atom stereocenters. The number of β-amino-alcohol motifs (C(OH)–C–C–N with tert-alkyl or cyclic N) is 1. The number of hydrogen-bond acceptors (Lipinski definition) is 4. The van der Waals surface area contributed by atoms with Crippen molar-refractivity contribution in [1.29, 1.82) is 0 Å². The lowest BCUT2D eigenvalue weighted by Crippen LogP contribution is -2.57. The number of carbonyl (C=O) groups excluding carboxylic acids is 2. The molecular formula is C19H20N2O4. The van der Waals surface area contributed by atoms with Gasteiger partial charge in [-0.3, -0.25) is 9.59 Å². The summed E-state index contributed by atoms with van der Waals surface area (Å²) in [4.78, 5) is 25.8. The number of rotatable bonds is 4. The van der Waals surface area contributed by atoms with Gasteiger partial charge in [0, 0.05) is 6.54 Å². The summed E-state index contributed by atoms with van der Waals surface area (Å²) in [5.41, 5.74) is 3.98. The van der Waals surface area contributed by atoms with Crippen LogP contribution in [0.2, 0.25) is 0 Å². The summed E-state index contributed by atoms with van der Waals surface area (Å²) in [6, 6.07) is 16.1. The van der Waals surface area contributed by atoms with Crippen molar-refractivity contribution in [3.05, 3.63) is 60.2 Å². The molecule has 25 heavy (non-hydrogen) atoms. The number of likely N-dealkylation sites (tertiary alicyclic amines) is 1. The Morgan fingerprint density at radius 3 is 2.48 bits per heavy atom. The first-order valence-corrected chi connectivity index (χ1v) is 8.13. The number of primary amides is 1. The standard InChI is InChI=1S/C19H20N2O4/c20-18(23)19(24)11-6-12-21(13-19)17(22)15-9-4-5-10-16(15)25-14-7-2-1-3-8-14/h1-5,7-10,24H,6,11-13H2,(H2,20,23)/t19-/m0/s1. The molecule has 1 aliphatic rings. The van der Waals surface area contributed by atoms with Gasteiger partial charge in [-0.05, 0) is 37.1 Å². The zero-order valence-corrected chi connectivity index (χ0v) is 13.7. The summed E-state index contributed by atoms with van der Waals surface area (Å²) < 4.78 is 5.82. The number of nitrogens with zero attached hydrogens (tertiary/aromatic N) is 1. The Morgan fingerprint density at radius 1 is 1.08 bits per heavy atom. The maximum Gasteiger partial charge on any atom is 0.257 e. The van der Waals surface area contributed by atoms with Gasteiger partial charge in [-0.15, -0.1) is 0 Å². The summed E-state index contributed by atoms with van der Waals surface area (Å²) in [5, 5.41) is 10.3. The Balaban J connectivity index is 1.84. The third kappa shape index (κ3) is 3.64. The average Bonchev–Trinajstić information content (AvgIpc) is 2.62. The first kappa shape index (κ1) is 17.0. The maximum absolute atomic E-state index is 12.9. The SMILES string of the molecule is NC(=O)[C@]1(O)CCCN(C(=O)c2ccccc2Oc2ccccc2)C1. The molecule has 1 aliphatic heterocycles. The van der Waals surface area contributed by atoms with Gasteiger partial charge in [-0.2, -0.15) is 0 Å². The molecule has 0 radical (unpaired) electrons. The van der Waals surface area contributed by atoms with Crippen LogP contribution in [0.25, 0.3) is 0 Å². The number of amides is 2. The quantitative estimate of drug-likeness (QED) is 0.889. The largest absolute Gasteiger partial charge is 0.457 e. The first-order chi connectivity index (χ1) is 12.0. The van der Waals surface area contributed by atoms with Crippen LogP contribution in [-0.4, -0.2) is 40.5 Å². The van der Waals surface area contributed by atoms with E-state index in [9.17, 15) is 14.7 Å². The minimum atomic E-state index is -1.68. The van der Waals surface area contributed by atoms with E-state index in [0.29, 0.717) is 30.0 Å². The van der Waals surface area contributed by atoms with Crippen molar-refractivity contribution in [3.63, 3.8) is 0 Å². The van der Waals surface area contributed by atoms with Gasteiger partial charge in [0.1, 0.15) is 11.5 Å². The first-order valence-electron chi connectivity index (χ1n) is 8.13. The monoisotopic (exact) mass is 340 g/mol. The zero-order valence-electron chi connectivity index (χ0n) is 13.7. The fourth-order valence-corrected chi connectivity index (χ4v) is 2.93. The van der Waals surface area contributed by atoms with Crippen LogP contribution in [0, 0.1) is 0 Å². The van der Waals surface area contributed by atoms with E-state index in [2.05, 4.69) is 0 Å². The number of nitrogens with two attached hydrogens (primary N) is 1. The average molecular weight is 340 g/mol. The van der Waals surface area contributed by atoms with Crippen molar-refractivity contribution >= 4 is 11.8 Å². The Bertz CT molecular complexity index is 778. The minimum Gasteiger partial charge on any atom is -0.457 e. The summed E-state index contributed by atoms with van der Waals surface area (Å²) in [6.45, 7) is 0.342. The van der Waals surface area contributed by atoms with E-state index >= 15 is 0 Å². The predicted octanol–water partition coefficient (Wildman–Crippen LogP) is 1.93. The number of aliphatic hydroxyl groups is 1. The van der Waals surface area contributed by atoms with E-state index in [1.54, 1.807) is 36.4 Å². The molecule has 0 spiro atoms. The van der Waals surface area contributed by atoms with Crippen LogP contribution in [0.4, 0.5) is 0 Å². The van der Waals surface area contributed by atoms with Crippen molar-refractivity contribution in [1.82, 2.24) is 4.90 Å². The molecule has 6 nitrogen and oxygen atoms in total. The van der Waals surface area contributed by atoms with Crippen molar-refractivity contribution < 1.29 is 19.4 Å². The van der Waals surface area contributed by atoms with E-state index in [0.717, 1.165) is 0 Å². The number of para-hydroxylation sites is 2. The summed E-state index contributed by atoms with van der Waals surface area (Å²) in [6.07, 6.45) is 0.765. The topological polar surface area (TPSA) is 92.9 Å². The predicted molar refractivity (Wildman–Crippen MR) is 92.2 cm³/mol. The molecule has 2 aromatic rings. The van der Waals surface area contributed by atoms with Gasteiger partial charge in [0.15, 0.2) is 5.60 Å². The third-order valence-electron chi connectivity index (χ3n) is 4.31. The number of hydrogen-bond donors (Lipinski definition) is 2. The van der Waals surface area contributed by atoms with Crippen LogP contribution in [0.3, 0.4) is 0 Å². The highest BCUT2D eigenvalue weighted by atomic mass is 16.5. The Kier molecular flexibility index (Phi) is 4.72. The summed E-state index contributed by atoms with van der Waals surface area (Å²) >= 11 is 0. The van der Waals surface area contributed by atoms with Gasteiger partial charge in [0.25, 0.3) is 11.8 Å². The summed E-state index contributed by atoms with van der Waals surface area (Å²) in [7, 11) is 0. The van der Waals surface area contributed by atoms with Crippen LogP contribution in [-0.2, 0) is 4.79 Å². The molecule has 130 valence electrons. The van der Waals surface area contributed by atoms with Gasteiger partial charge in [0.05, 0.1) is 12.1 Å². The van der Waals surface area contributed by atoms with Crippen LogP contribution in [0.5, 0.6) is 11.5 Å². The van der Waals surface area contributed by atoms with Gasteiger partial charge < -0.3 is 20.5 Å². The van der Waals surface area contributed by atoms with Crippen molar-refractivity contribution in [2.75, 3.05) is 13.1 Å². The lowest BCUT2D eigenvalue weighted by atomic mass is 9.91. The highest BCUT2D eigenvalue weighted by Gasteiger charge is 2.40. The number of piperidine rings is 1. The summed E-state index contributed by atoms with van der Waals surface area (Å²) in [5.74, 6) is -0.0633. The van der Waals surface area contributed by atoms with E-state index in [1.807, 2.05) is 18.2 Å². The lowest BCUT2D eigenvalue weighted by Gasteiger charge is -2.37. The van der Waals surface area contributed by atoms with Crippen molar-refractivity contribution in [2.24, 2.45) is 5.73 Å². The van der Waals surface area contributed by atoms with Gasteiger partial charge in [0.2, 0.25) is 0 Å². The van der Waals surface area contributed by atoms with Gasteiger partial charge in [-0.1, -0.05) is 30.3 Å². The zero-order chi connectivity index (χ0) is 17.9. The molecule has 3 N–H and O–H groups in total. The van der Waals surface area contributed by atoms with E-state index in [-0.39, 0.29) is 18.9 Å². The van der Waals surface area contributed by atoms with Crippen LogP contribution in [0.15, 0.2) is 54.6 Å². The molecule has 1 saturated heterocycles. The molecule has 0 bridgehead atoms. The second kappa shape index (κ2) is 6.94.